The Morgan fingerprint density at radius 3 is 2.79 bits per heavy atom. The van der Waals surface area contributed by atoms with E-state index < -0.39 is 0 Å². The minimum Gasteiger partial charge on any atom is -0.143 e. The summed E-state index contributed by atoms with van der Waals surface area (Å²) in [5.74, 6) is 0.564. The summed E-state index contributed by atoms with van der Waals surface area (Å²) in [7, 11) is 0. The van der Waals surface area contributed by atoms with Gasteiger partial charge in [0.15, 0.2) is 0 Å². The molecule has 0 amide bonds. The van der Waals surface area contributed by atoms with Crippen LogP contribution in [-0.4, -0.2) is 0 Å². The van der Waals surface area contributed by atoms with Crippen molar-refractivity contribution in [1.29, 1.82) is 0 Å². The third-order valence-electron chi connectivity index (χ3n) is 2.34. The molecule has 0 fully saturated rings. The lowest BCUT2D eigenvalue weighted by molar-refractivity contribution is 1.17. The van der Waals surface area contributed by atoms with E-state index in [4.69, 9.17) is 11.6 Å². The number of aryl methyl sites for hydroxylation is 1. The van der Waals surface area contributed by atoms with Gasteiger partial charge in [-0.1, -0.05) is 6.92 Å². The van der Waals surface area contributed by atoms with Gasteiger partial charge in [0.05, 0.1) is 0 Å². The van der Waals surface area contributed by atoms with Crippen molar-refractivity contribution < 1.29 is 0 Å². The van der Waals surface area contributed by atoms with Crippen molar-refractivity contribution in [1.82, 2.24) is 0 Å². The molecular weight excluding hydrogens is 232 g/mol. The highest BCUT2D eigenvalue weighted by Gasteiger charge is 2.07. The maximum Gasteiger partial charge on any atom is 0.0488 e. The van der Waals surface area contributed by atoms with E-state index in [1.165, 1.54) is 21.2 Å². The summed E-state index contributed by atoms with van der Waals surface area (Å²) >= 11 is 12.1. The van der Waals surface area contributed by atoms with Crippen LogP contribution in [0.15, 0.2) is 22.4 Å². The highest BCUT2D eigenvalue weighted by molar-refractivity contribution is 7.80. The maximum atomic E-state index is 5.90. The lowest BCUT2D eigenvalue weighted by Gasteiger charge is -2.01. The number of fused-ring (bicyclic) bond motifs is 1. The number of halogens is 1. The molecule has 1 heterocycles. The molecule has 2 rings (SSSR count). The zero-order chi connectivity index (χ0) is 10.1. The second-order valence-corrected chi connectivity index (χ2v) is 4.89. The fourth-order valence-electron chi connectivity index (χ4n) is 1.62. The van der Waals surface area contributed by atoms with Gasteiger partial charge in [0, 0.05) is 15.5 Å². The summed E-state index contributed by atoms with van der Waals surface area (Å²) in [6.45, 7) is 2.17. The van der Waals surface area contributed by atoms with E-state index in [1.807, 2.05) is 6.07 Å². The molecule has 0 unspecified atom stereocenters. The Kier molecular flexibility index (Phi) is 3.05. The topological polar surface area (TPSA) is 0 Å². The lowest BCUT2D eigenvalue weighted by Crippen LogP contribution is -1.81. The molecule has 0 aliphatic rings. The number of hydrogen-bond donors (Lipinski definition) is 1. The van der Waals surface area contributed by atoms with Crippen LogP contribution >= 0.6 is 35.6 Å². The molecule has 14 heavy (non-hydrogen) atoms. The third-order valence-corrected chi connectivity index (χ3v) is 4.01. The van der Waals surface area contributed by atoms with E-state index in [9.17, 15) is 0 Å². The Hall–Kier alpha value is -0.180. The molecule has 0 aliphatic carbocycles. The van der Waals surface area contributed by atoms with Crippen molar-refractivity contribution in [2.24, 2.45) is 0 Å². The zero-order valence-electron chi connectivity index (χ0n) is 7.88. The van der Waals surface area contributed by atoms with Gasteiger partial charge in [-0.2, -0.15) is 0 Å². The van der Waals surface area contributed by atoms with E-state index in [0.717, 1.165) is 11.3 Å². The minimum atomic E-state index is 0.564. The lowest BCUT2D eigenvalue weighted by atomic mass is 10.1. The second-order valence-electron chi connectivity index (χ2n) is 3.23. The van der Waals surface area contributed by atoms with Crippen LogP contribution in [0.1, 0.15) is 18.1 Å². The molecule has 0 spiro atoms. The average molecular weight is 243 g/mol. The molecule has 1 aromatic heterocycles. The molecule has 0 nitrogen and oxygen atoms in total. The smallest absolute Gasteiger partial charge is 0.0488 e. The van der Waals surface area contributed by atoms with Gasteiger partial charge in [0.2, 0.25) is 0 Å². The Balaban J connectivity index is 2.76. The Labute approximate surface area is 98.3 Å². The number of thiol groups is 1. The fraction of sp³-hybridized carbons (Fsp3) is 0.273. The van der Waals surface area contributed by atoms with Crippen LogP contribution in [0.5, 0.6) is 0 Å². The molecule has 0 saturated heterocycles. The van der Waals surface area contributed by atoms with Crippen molar-refractivity contribution in [3.05, 3.63) is 28.6 Å². The number of rotatable bonds is 2. The van der Waals surface area contributed by atoms with E-state index in [-0.39, 0.29) is 0 Å². The van der Waals surface area contributed by atoms with Crippen LogP contribution in [0.3, 0.4) is 0 Å². The Morgan fingerprint density at radius 1 is 1.36 bits per heavy atom. The molecule has 74 valence electrons. The van der Waals surface area contributed by atoms with Crippen molar-refractivity contribution in [2.45, 2.75) is 24.1 Å². The molecule has 0 saturated carbocycles. The molecule has 0 radical (unpaired) electrons. The molecular formula is C11H11ClS2. The van der Waals surface area contributed by atoms with Crippen LogP contribution in [0.25, 0.3) is 10.1 Å². The van der Waals surface area contributed by atoms with Crippen molar-refractivity contribution in [3.8, 4) is 0 Å². The summed E-state index contributed by atoms with van der Waals surface area (Å²) in [4.78, 5) is 1.00. The van der Waals surface area contributed by atoms with E-state index in [1.54, 1.807) is 11.3 Å². The van der Waals surface area contributed by atoms with Gasteiger partial charge < -0.3 is 0 Å². The normalized spacial score (nSPS) is 11.1. The SMILES string of the molecule is CCc1csc2c(CCl)cc(S)cc12. The monoisotopic (exact) mass is 242 g/mol. The highest BCUT2D eigenvalue weighted by Crippen LogP contribution is 2.32. The average Bonchev–Trinajstić information content (AvgIpc) is 2.59. The zero-order valence-corrected chi connectivity index (χ0v) is 10.3. The van der Waals surface area contributed by atoms with Crippen LogP contribution < -0.4 is 0 Å². The first-order valence-electron chi connectivity index (χ1n) is 4.54. The van der Waals surface area contributed by atoms with Crippen LogP contribution in [0.4, 0.5) is 0 Å². The van der Waals surface area contributed by atoms with Crippen LogP contribution in [0, 0.1) is 0 Å². The molecule has 1 aromatic carbocycles. The number of benzene rings is 1. The molecule has 0 bridgehead atoms. The van der Waals surface area contributed by atoms with Crippen molar-refractivity contribution >= 4 is 45.7 Å². The van der Waals surface area contributed by atoms with Crippen molar-refractivity contribution in [3.63, 3.8) is 0 Å². The second kappa shape index (κ2) is 4.13. The first-order chi connectivity index (χ1) is 6.76. The summed E-state index contributed by atoms with van der Waals surface area (Å²) in [6.07, 6.45) is 1.07. The largest absolute Gasteiger partial charge is 0.143 e. The van der Waals surface area contributed by atoms with Gasteiger partial charge in [-0.25, -0.2) is 0 Å². The summed E-state index contributed by atoms with van der Waals surface area (Å²) in [5.41, 5.74) is 2.59. The van der Waals surface area contributed by atoms with Crippen LogP contribution in [0.2, 0.25) is 0 Å². The van der Waals surface area contributed by atoms with Gasteiger partial charge in [0.1, 0.15) is 0 Å². The van der Waals surface area contributed by atoms with Crippen LogP contribution in [-0.2, 0) is 12.3 Å². The maximum absolute atomic E-state index is 5.90. The molecule has 0 aliphatic heterocycles. The van der Waals surface area contributed by atoms with Crippen molar-refractivity contribution in [2.75, 3.05) is 0 Å². The predicted molar refractivity (Wildman–Crippen MR) is 68.0 cm³/mol. The first kappa shape index (κ1) is 10.3. The molecule has 3 heteroatoms. The summed E-state index contributed by atoms with van der Waals surface area (Å²) < 4.78 is 1.31. The van der Waals surface area contributed by atoms with Gasteiger partial charge in [-0.3, -0.25) is 0 Å². The third kappa shape index (κ3) is 1.67. The molecule has 0 atom stereocenters. The minimum absolute atomic E-state index is 0.564. The van der Waals surface area contributed by atoms with E-state index in [2.05, 4.69) is 31.0 Å². The van der Waals surface area contributed by atoms with E-state index >= 15 is 0 Å². The van der Waals surface area contributed by atoms with Gasteiger partial charge >= 0.3 is 0 Å². The molecule has 0 N–H and O–H groups in total. The summed E-state index contributed by atoms with van der Waals surface area (Å²) in [6, 6.07) is 4.18. The van der Waals surface area contributed by atoms with Gasteiger partial charge in [-0.05, 0) is 40.4 Å². The summed E-state index contributed by atoms with van der Waals surface area (Å²) in [5, 5.41) is 3.54. The molecule has 2 aromatic rings. The first-order valence-corrected chi connectivity index (χ1v) is 6.40. The standard InChI is InChI=1S/C11H11ClS2/c1-2-7-6-14-11-8(5-12)3-9(13)4-10(7)11/h3-4,6,13H,2,5H2,1H3. The Bertz CT molecular complexity index is 460. The van der Waals surface area contributed by atoms with E-state index in [0.29, 0.717) is 5.88 Å². The highest BCUT2D eigenvalue weighted by atomic mass is 35.5. The fourth-order valence-corrected chi connectivity index (χ4v) is 3.34. The van der Waals surface area contributed by atoms with Gasteiger partial charge in [0.25, 0.3) is 0 Å². The number of hydrogen-bond acceptors (Lipinski definition) is 2. The predicted octanol–water partition coefficient (Wildman–Crippen LogP) is 4.49. The van der Waals surface area contributed by atoms with Gasteiger partial charge in [-0.15, -0.1) is 35.6 Å². The quantitative estimate of drug-likeness (QED) is 0.582. The Morgan fingerprint density at radius 2 is 2.14 bits per heavy atom. The number of thiophene rings is 1. The number of alkyl halides is 1.